The van der Waals surface area contributed by atoms with E-state index in [4.69, 9.17) is 9.47 Å². The standard InChI is InChI=1S/C25H33N3O2S/c1-18(2)27-11-9-25(10-12-27)17-28(13-14-30-25)19-5-7-21-23(15-19)31-24-16-20(29-4)6-8-22(24)26(21)3/h5-8,15-16,18H,9-14,17H2,1-4H3. The summed E-state index contributed by atoms with van der Waals surface area (Å²) in [6, 6.07) is 13.9. The summed E-state index contributed by atoms with van der Waals surface area (Å²) in [5, 5.41) is 0. The summed E-state index contributed by atoms with van der Waals surface area (Å²) in [5.41, 5.74) is 3.80. The van der Waals surface area contributed by atoms with Crippen LogP contribution in [0.2, 0.25) is 0 Å². The Hall–Kier alpha value is -1.89. The summed E-state index contributed by atoms with van der Waals surface area (Å²) in [5.74, 6) is 0.905. The summed E-state index contributed by atoms with van der Waals surface area (Å²) in [6.07, 6.45) is 2.24. The van der Waals surface area contributed by atoms with E-state index >= 15 is 0 Å². The van der Waals surface area contributed by atoms with E-state index in [1.807, 2.05) is 17.8 Å². The number of likely N-dealkylation sites (tertiary alicyclic amines) is 1. The van der Waals surface area contributed by atoms with Gasteiger partial charge in [0.25, 0.3) is 0 Å². The molecule has 3 aliphatic heterocycles. The first-order valence-corrected chi connectivity index (χ1v) is 12.2. The fourth-order valence-corrected chi connectivity index (χ4v) is 6.31. The molecule has 0 N–H and O–H groups in total. The number of benzene rings is 2. The van der Waals surface area contributed by atoms with Crippen molar-refractivity contribution in [3.63, 3.8) is 0 Å². The van der Waals surface area contributed by atoms with E-state index in [0.29, 0.717) is 6.04 Å². The third-order valence-corrected chi connectivity index (χ3v) is 8.20. The second-order valence-corrected chi connectivity index (χ2v) is 10.3. The van der Waals surface area contributed by atoms with Crippen LogP contribution in [0.4, 0.5) is 17.1 Å². The molecule has 2 aromatic carbocycles. The molecule has 2 aromatic rings. The van der Waals surface area contributed by atoms with Crippen molar-refractivity contribution in [1.29, 1.82) is 0 Å². The minimum absolute atomic E-state index is 0.00342. The van der Waals surface area contributed by atoms with Crippen molar-refractivity contribution in [1.82, 2.24) is 4.90 Å². The maximum absolute atomic E-state index is 6.39. The number of hydrogen-bond acceptors (Lipinski definition) is 6. The topological polar surface area (TPSA) is 28.2 Å². The monoisotopic (exact) mass is 439 g/mol. The van der Waals surface area contributed by atoms with E-state index in [1.165, 1.54) is 26.9 Å². The average Bonchev–Trinajstić information content (AvgIpc) is 2.79. The number of nitrogens with zero attached hydrogens (tertiary/aromatic N) is 3. The second-order valence-electron chi connectivity index (χ2n) is 9.23. The van der Waals surface area contributed by atoms with Gasteiger partial charge in [0.2, 0.25) is 0 Å². The molecule has 0 aliphatic carbocycles. The summed E-state index contributed by atoms with van der Waals surface area (Å²) in [4.78, 5) is 9.94. The van der Waals surface area contributed by atoms with Gasteiger partial charge in [0.15, 0.2) is 0 Å². The van der Waals surface area contributed by atoms with Crippen molar-refractivity contribution in [3.8, 4) is 5.75 Å². The van der Waals surface area contributed by atoms with Crippen molar-refractivity contribution < 1.29 is 9.47 Å². The molecule has 0 amide bonds. The predicted octanol–water partition coefficient (Wildman–Crippen LogP) is 5.01. The number of morpholine rings is 1. The molecule has 2 saturated heterocycles. The Morgan fingerprint density at radius 1 is 1.00 bits per heavy atom. The number of ether oxygens (including phenoxy) is 2. The van der Waals surface area contributed by atoms with E-state index in [9.17, 15) is 0 Å². The van der Waals surface area contributed by atoms with Gasteiger partial charge in [-0.25, -0.2) is 0 Å². The van der Waals surface area contributed by atoms with Gasteiger partial charge < -0.3 is 24.2 Å². The van der Waals surface area contributed by atoms with Crippen LogP contribution >= 0.6 is 11.8 Å². The maximum atomic E-state index is 6.39. The normalized spacial score (nSPS) is 20.7. The molecular weight excluding hydrogens is 406 g/mol. The largest absolute Gasteiger partial charge is 0.497 e. The zero-order chi connectivity index (χ0) is 21.6. The highest BCUT2D eigenvalue weighted by molar-refractivity contribution is 7.99. The Kier molecular flexibility index (Phi) is 5.57. The molecule has 5 rings (SSSR count). The van der Waals surface area contributed by atoms with Crippen LogP contribution in [0.25, 0.3) is 0 Å². The Morgan fingerprint density at radius 2 is 1.71 bits per heavy atom. The molecule has 0 saturated carbocycles. The van der Waals surface area contributed by atoms with Gasteiger partial charge >= 0.3 is 0 Å². The third-order valence-electron chi connectivity index (χ3n) is 7.11. The molecule has 1 spiro atoms. The van der Waals surface area contributed by atoms with Crippen molar-refractivity contribution >= 4 is 28.8 Å². The second kappa shape index (κ2) is 8.23. The quantitative estimate of drug-likeness (QED) is 0.668. The van der Waals surface area contributed by atoms with Crippen LogP contribution in [0.1, 0.15) is 26.7 Å². The molecule has 3 aliphatic rings. The summed E-state index contributed by atoms with van der Waals surface area (Å²) < 4.78 is 11.8. The molecule has 31 heavy (non-hydrogen) atoms. The SMILES string of the molecule is COc1ccc2c(c1)Sc1cc(N3CCOC4(CCN(C(C)C)CC4)C3)ccc1N2C. The van der Waals surface area contributed by atoms with Crippen molar-refractivity contribution in [2.45, 2.75) is 48.1 Å². The molecule has 166 valence electrons. The van der Waals surface area contributed by atoms with Gasteiger partial charge in [0.05, 0.1) is 30.7 Å². The first-order valence-electron chi connectivity index (χ1n) is 11.3. The molecule has 5 nitrogen and oxygen atoms in total. The highest BCUT2D eigenvalue weighted by atomic mass is 32.2. The lowest BCUT2D eigenvalue weighted by Gasteiger charge is -2.48. The van der Waals surface area contributed by atoms with Crippen molar-refractivity contribution in [2.24, 2.45) is 0 Å². The molecule has 0 bridgehead atoms. The first kappa shape index (κ1) is 21.0. The van der Waals surface area contributed by atoms with E-state index in [2.05, 4.69) is 65.9 Å². The van der Waals surface area contributed by atoms with Crippen molar-refractivity contribution in [2.75, 3.05) is 56.7 Å². The molecule has 0 aromatic heterocycles. The maximum Gasteiger partial charge on any atom is 0.120 e. The number of fused-ring (bicyclic) bond motifs is 2. The van der Waals surface area contributed by atoms with Crippen LogP contribution in [-0.4, -0.2) is 63.5 Å². The van der Waals surface area contributed by atoms with Crippen LogP contribution in [0, 0.1) is 0 Å². The minimum atomic E-state index is 0.00342. The molecule has 6 heteroatoms. The van der Waals surface area contributed by atoms with Crippen LogP contribution in [-0.2, 0) is 4.74 Å². The molecule has 3 heterocycles. The van der Waals surface area contributed by atoms with E-state index < -0.39 is 0 Å². The van der Waals surface area contributed by atoms with E-state index in [-0.39, 0.29) is 5.60 Å². The highest BCUT2D eigenvalue weighted by Gasteiger charge is 2.40. The molecule has 0 unspecified atom stereocenters. The van der Waals surface area contributed by atoms with Gasteiger partial charge in [-0.15, -0.1) is 0 Å². The minimum Gasteiger partial charge on any atom is -0.497 e. The smallest absolute Gasteiger partial charge is 0.120 e. The Balaban J connectivity index is 1.36. The van der Waals surface area contributed by atoms with Crippen molar-refractivity contribution in [3.05, 3.63) is 36.4 Å². The summed E-state index contributed by atoms with van der Waals surface area (Å²) in [7, 11) is 3.88. The fraction of sp³-hybridized carbons (Fsp3) is 0.520. The zero-order valence-corrected chi connectivity index (χ0v) is 19.9. The third kappa shape index (κ3) is 3.90. The Morgan fingerprint density at radius 3 is 2.42 bits per heavy atom. The van der Waals surface area contributed by atoms with Gasteiger partial charge in [-0.05, 0) is 63.1 Å². The van der Waals surface area contributed by atoms with Gasteiger partial charge in [0.1, 0.15) is 5.75 Å². The van der Waals surface area contributed by atoms with Gasteiger partial charge in [-0.3, -0.25) is 0 Å². The Labute approximate surface area is 190 Å². The van der Waals surface area contributed by atoms with Crippen LogP contribution in [0.5, 0.6) is 5.75 Å². The lowest BCUT2D eigenvalue weighted by molar-refractivity contribution is -0.0943. The molecule has 2 fully saturated rings. The average molecular weight is 440 g/mol. The van der Waals surface area contributed by atoms with Gasteiger partial charge in [0, 0.05) is 54.7 Å². The number of piperidine rings is 1. The summed E-state index contributed by atoms with van der Waals surface area (Å²) >= 11 is 1.84. The number of methoxy groups -OCH3 is 1. The van der Waals surface area contributed by atoms with Crippen LogP contribution in [0.3, 0.4) is 0 Å². The summed E-state index contributed by atoms with van der Waals surface area (Å²) in [6.45, 7) is 9.61. The number of rotatable bonds is 3. The molecule has 0 atom stereocenters. The predicted molar refractivity (Wildman–Crippen MR) is 128 cm³/mol. The first-order chi connectivity index (χ1) is 15.0. The Bertz CT molecular complexity index is 956. The van der Waals surface area contributed by atoms with E-state index in [0.717, 1.165) is 51.4 Å². The van der Waals surface area contributed by atoms with Gasteiger partial charge in [-0.2, -0.15) is 0 Å². The lowest BCUT2D eigenvalue weighted by Crippen LogP contribution is -2.57. The molecule has 0 radical (unpaired) electrons. The molecular formula is C25H33N3O2S. The fourth-order valence-electron chi connectivity index (χ4n) is 5.10. The lowest BCUT2D eigenvalue weighted by atomic mass is 9.88. The number of hydrogen-bond donors (Lipinski definition) is 0. The van der Waals surface area contributed by atoms with E-state index in [1.54, 1.807) is 7.11 Å². The van der Waals surface area contributed by atoms with Gasteiger partial charge in [-0.1, -0.05) is 11.8 Å². The highest BCUT2D eigenvalue weighted by Crippen LogP contribution is 2.49. The number of anilines is 3. The van der Waals surface area contributed by atoms with Crippen LogP contribution in [0.15, 0.2) is 46.2 Å². The zero-order valence-electron chi connectivity index (χ0n) is 19.1. The van der Waals surface area contributed by atoms with Crippen LogP contribution < -0.4 is 14.5 Å².